The van der Waals surface area contributed by atoms with E-state index in [-0.39, 0.29) is 6.04 Å². The van der Waals surface area contributed by atoms with Crippen LogP contribution in [-0.4, -0.2) is 60.6 Å². The van der Waals surface area contributed by atoms with Crippen LogP contribution in [0.5, 0.6) is 0 Å². The van der Waals surface area contributed by atoms with E-state index in [1.807, 2.05) is 0 Å². The maximum atomic E-state index is 9.21. The Bertz CT molecular complexity index is 299. The highest BCUT2D eigenvalue weighted by molar-refractivity contribution is 4.97. The number of nitrogens with zero attached hydrogens (tertiary/aromatic N) is 3. The Balaban J connectivity index is 1.85. The third-order valence-electron chi connectivity index (χ3n) is 4.28. The van der Waals surface area contributed by atoms with Gasteiger partial charge < -0.3 is 5.32 Å². The lowest BCUT2D eigenvalue weighted by atomic mass is 10.1. The van der Waals surface area contributed by atoms with Gasteiger partial charge in [0.1, 0.15) is 6.04 Å². The molecular formula is C14H26N4. The molecule has 4 nitrogen and oxygen atoms in total. The van der Waals surface area contributed by atoms with Crippen molar-refractivity contribution in [3.05, 3.63) is 0 Å². The van der Waals surface area contributed by atoms with Crippen molar-refractivity contribution >= 4 is 0 Å². The van der Waals surface area contributed by atoms with E-state index >= 15 is 0 Å². The van der Waals surface area contributed by atoms with Gasteiger partial charge in [-0.25, -0.2) is 0 Å². The lowest BCUT2D eigenvalue weighted by molar-refractivity contribution is 0.0563. The molecule has 2 heterocycles. The first-order valence-electron chi connectivity index (χ1n) is 7.35. The van der Waals surface area contributed by atoms with E-state index in [1.54, 1.807) is 0 Å². The van der Waals surface area contributed by atoms with Crippen LogP contribution in [0.1, 0.15) is 33.1 Å². The molecule has 3 atom stereocenters. The van der Waals surface area contributed by atoms with Gasteiger partial charge in [0.15, 0.2) is 0 Å². The Morgan fingerprint density at radius 3 is 3.00 bits per heavy atom. The van der Waals surface area contributed by atoms with Gasteiger partial charge in [-0.2, -0.15) is 5.26 Å². The maximum Gasteiger partial charge on any atom is 0.108 e. The van der Waals surface area contributed by atoms with Crippen LogP contribution in [0, 0.1) is 11.3 Å². The molecule has 0 amide bonds. The first-order valence-corrected chi connectivity index (χ1v) is 7.35. The van der Waals surface area contributed by atoms with E-state index in [9.17, 15) is 5.26 Å². The van der Waals surface area contributed by atoms with Crippen LogP contribution in [-0.2, 0) is 0 Å². The molecule has 2 rings (SSSR count). The summed E-state index contributed by atoms with van der Waals surface area (Å²) in [6.07, 6.45) is 3.77. The molecule has 0 spiro atoms. The van der Waals surface area contributed by atoms with Gasteiger partial charge in [-0.1, -0.05) is 6.92 Å². The second kappa shape index (κ2) is 6.51. The minimum absolute atomic E-state index is 0.0136. The SMILES string of the molecule is CCCNC(C#N)CN1CC2CCCN2CC1C. The summed E-state index contributed by atoms with van der Waals surface area (Å²) in [4.78, 5) is 5.13. The number of rotatable bonds is 5. The average molecular weight is 250 g/mol. The van der Waals surface area contributed by atoms with Crippen LogP contribution in [0.2, 0.25) is 0 Å². The minimum Gasteiger partial charge on any atom is -0.301 e. The first-order chi connectivity index (χ1) is 8.74. The number of nitriles is 1. The summed E-state index contributed by atoms with van der Waals surface area (Å²) in [6, 6.07) is 3.71. The second-order valence-electron chi connectivity index (χ2n) is 5.73. The van der Waals surface area contributed by atoms with Crippen molar-refractivity contribution in [3.8, 4) is 6.07 Å². The fourth-order valence-corrected chi connectivity index (χ4v) is 3.21. The molecule has 0 aromatic carbocycles. The van der Waals surface area contributed by atoms with Crippen LogP contribution in [0.3, 0.4) is 0 Å². The normalized spacial score (nSPS) is 30.9. The van der Waals surface area contributed by atoms with E-state index < -0.39 is 0 Å². The maximum absolute atomic E-state index is 9.21. The van der Waals surface area contributed by atoms with Gasteiger partial charge in [0.05, 0.1) is 6.07 Å². The van der Waals surface area contributed by atoms with E-state index in [1.165, 1.54) is 25.9 Å². The van der Waals surface area contributed by atoms with Crippen LogP contribution < -0.4 is 5.32 Å². The number of fused-ring (bicyclic) bond motifs is 1. The standard InChI is InChI=1S/C14H26N4/c1-3-6-16-13(8-15)10-18-11-14-5-4-7-17(14)9-12(18)2/h12-14,16H,3-7,9-11H2,1-2H3. The van der Waals surface area contributed by atoms with Crippen LogP contribution in [0.25, 0.3) is 0 Å². The second-order valence-corrected chi connectivity index (χ2v) is 5.73. The summed E-state index contributed by atoms with van der Waals surface area (Å²) in [5, 5.41) is 12.5. The fourth-order valence-electron chi connectivity index (χ4n) is 3.21. The number of piperazine rings is 1. The molecule has 2 aliphatic rings. The molecule has 18 heavy (non-hydrogen) atoms. The minimum atomic E-state index is -0.0136. The topological polar surface area (TPSA) is 42.3 Å². The van der Waals surface area contributed by atoms with E-state index in [2.05, 4.69) is 35.0 Å². The molecule has 2 aliphatic heterocycles. The van der Waals surface area contributed by atoms with Gasteiger partial charge in [-0.3, -0.25) is 9.80 Å². The van der Waals surface area contributed by atoms with E-state index in [0.29, 0.717) is 6.04 Å². The summed E-state index contributed by atoms with van der Waals surface area (Å²) in [5.74, 6) is 0. The summed E-state index contributed by atoms with van der Waals surface area (Å²) in [6.45, 7) is 9.85. The summed E-state index contributed by atoms with van der Waals surface area (Å²) in [5.41, 5.74) is 0. The smallest absolute Gasteiger partial charge is 0.108 e. The molecule has 3 unspecified atom stereocenters. The predicted octanol–water partition coefficient (Wildman–Crippen LogP) is 1.05. The van der Waals surface area contributed by atoms with Crippen molar-refractivity contribution in [2.45, 2.75) is 51.2 Å². The Labute approximate surface area is 111 Å². The zero-order chi connectivity index (χ0) is 13.0. The van der Waals surface area contributed by atoms with Crippen molar-refractivity contribution in [3.63, 3.8) is 0 Å². The number of nitrogens with one attached hydrogen (secondary N) is 1. The van der Waals surface area contributed by atoms with Crippen molar-refractivity contribution in [1.82, 2.24) is 15.1 Å². The van der Waals surface area contributed by atoms with Crippen LogP contribution in [0.15, 0.2) is 0 Å². The van der Waals surface area contributed by atoms with Crippen molar-refractivity contribution in [1.29, 1.82) is 5.26 Å². The molecule has 0 aliphatic carbocycles. The zero-order valence-electron chi connectivity index (χ0n) is 11.7. The van der Waals surface area contributed by atoms with Gasteiger partial charge in [0.25, 0.3) is 0 Å². The Morgan fingerprint density at radius 1 is 1.44 bits per heavy atom. The molecule has 0 aromatic heterocycles. The molecule has 0 bridgehead atoms. The van der Waals surface area contributed by atoms with Crippen LogP contribution >= 0.6 is 0 Å². The average Bonchev–Trinajstić information content (AvgIpc) is 2.81. The molecule has 4 heteroatoms. The third-order valence-corrected chi connectivity index (χ3v) is 4.28. The summed E-state index contributed by atoms with van der Waals surface area (Å²) in [7, 11) is 0. The van der Waals surface area contributed by atoms with Crippen molar-refractivity contribution in [2.24, 2.45) is 0 Å². The highest BCUT2D eigenvalue weighted by Crippen LogP contribution is 2.24. The summed E-state index contributed by atoms with van der Waals surface area (Å²) < 4.78 is 0. The van der Waals surface area contributed by atoms with Gasteiger partial charge in [-0.15, -0.1) is 0 Å². The Kier molecular flexibility index (Phi) is 4.99. The first kappa shape index (κ1) is 13.8. The van der Waals surface area contributed by atoms with Gasteiger partial charge in [0.2, 0.25) is 0 Å². The third kappa shape index (κ3) is 3.23. The molecule has 102 valence electrons. The number of hydrogen-bond donors (Lipinski definition) is 1. The molecular weight excluding hydrogens is 224 g/mol. The van der Waals surface area contributed by atoms with Crippen molar-refractivity contribution in [2.75, 3.05) is 32.7 Å². The molecule has 2 fully saturated rings. The van der Waals surface area contributed by atoms with E-state index in [4.69, 9.17) is 0 Å². The largest absolute Gasteiger partial charge is 0.301 e. The molecule has 0 radical (unpaired) electrons. The molecule has 0 saturated carbocycles. The van der Waals surface area contributed by atoms with Crippen LogP contribution in [0.4, 0.5) is 0 Å². The highest BCUT2D eigenvalue weighted by atomic mass is 15.3. The summed E-state index contributed by atoms with van der Waals surface area (Å²) >= 11 is 0. The molecule has 2 saturated heterocycles. The lowest BCUT2D eigenvalue weighted by Crippen LogP contribution is -2.57. The van der Waals surface area contributed by atoms with Gasteiger partial charge in [0, 0.05) is 31.7 Å². The van der Waals surface area contributed by atoms with Gasteiger partial charge in [-0.05, 0) is 39.3 Å². The quantitative estimate of drug-likeness (QED) is 0.792. The van der Waals surface area contributed by atoms with E-state index in [0.717, 1.165) is 32.1 Å². The lowest BCUT2D eigenvalue weighted by Gasteiger charge is -2.43. The Hall–Kier alpha value is -0.630. The molecule has 0 aromatic rings. The monoisotopic (exact) mass is 250 g/mol. The fraction of sp³-hybridized carbons (Fsp3) is 0.929. The Morgan fingerprint density at radius 2 is 2.28 bits per heavy atom. The predicted molar refractivity (Wildman–Crippen MR) is 73.3 cm³/mol. The molecule has 1 N–H and O–H groups in total. The van der Waals surface area contributed by atoms with Crippen molar-refractivity contribution < 1.29 is 0 Å². The number of hydrogen-bond acceptors (Lipinski definition) is 4. The zero-order valence-corrected chi connectivity index (χ0v) is 11.7. The highest BCUT2D eigenvalue weighted by Gasteiger charge is 2.34. The van der Waals surface area contributed by atoms with Gasteiger partial charge >= 0.3 is 0 Å².